The Bertz CT molecular complexity index is 1150. The zero-order valence-corrected chi connectivity index (χ0v) is 20.2. The van der Waals surface area contributed by atoms with Gasteiger partial charge in [0.2, 0.25) is 0 Å². The number of carbonyl (C=O) groups is 2. The highest BCUT2D eigenvalue weighted by molar-refractivity contribution is 6.07. The summed E-state index contributed by atoms with van der Waals surface area (Å²) in [6.07, 6.45) is 6.26. The molecule has 0 bridgehead atoms. The summed E-state index contributed by atoms with van der Waals surface area (Å²) in [4.78, 5) is 37.2. The first-order valence-corrected chi connectivity index (χ1v) is 12.5. The van der Waals surface area contributed by atoms with E-state index in [9.17, 15) is 9.59 Å². The predicted octanol–water partition coefficient (Wildman–Crippen LogP) is 4.28. The van der Waals surface area contributed by atoms with Gasteiger partial charge in [0.1, 0.15) is 17.1 Å². The number of benzene rings is 1. The first-order chi connectivity index (χ1) is 17.1. The molecule has 1 aromatic carbocycles. The number of amides is 3. The molecule has 4 heterocycles. The Morgan fingerprint density at radius 1 is 0.914 bits per heavy atom. The lowest BCUT2D eigenvalue weighted by atomic mass is 9.85. The Labute approximate surface area is 206 Å². The molecule has 0 saturated carbocycles. The topological polar surface area (TPSA) is 69.9 Å². The fourth-order valence-electron chi connectivity index (χ4n) is 5.27. The third-order valence-electron chi connectivity index (χ3n) is 7.28. The van der Waals surface area contributed by atoms with Crippen LogP contribution in [0.25, 0.3) is 0 Å². The molecular formula is C28H32N4O3. The molecule has 0 radical (unpaired) electrons. The van der Waals surface area contributed by atoms with Crippen molar-refractivity contribution in [2.24, 2.45) is 0 Å². The molecule has 2 fully saturated rings. The summed E-state index contributed by atoms with van der Waals surface area (Å²) in [6.45, 7) is 5.06. The van der Waals surface area contributed by atoms with Crippen LogP contribution < -0.4 is 0 Å². The number of aromatic nitrogens is 1. The highest BCUT2D eigenvalue weighted by atomic mass is 16.3. The van der Waals surface area contributed by atoms with E-state index in [1.54, 1.807) is 12.4 Å². The smallest absolute Gasteiger partial charge is 0.328 e. The van der Waals surface area contributed by atoms with E-state index in [-0.39, 0.29) is 18.5 Å². The number of rotatable bonds is 8. The SMILES string of the molecule is CCc1ccc(CN2CCC3(CC2)C(=O)N(Cc2cccnc2)C(=O)N3CCc2ccccc2)o1. The van der Waals surface area contributed by atoms with Crippen LogP contribution in [0.15, 0.2) is 71.4 Å². The second-order valence-electron chi connectivity index (χ2n) is 9.45. The van der Waals surface area contributed by atoms with E-state index in [2.05, 4.69) is 28.9 Å². The number of carbonyl (C=O) groups excluding carboxylic acids is 2. The van der Waals surface area contributed by atoms with Crippen molar-refractivity contribution in [2.75, 3.05) is 19.6 Å². The van der Waals surface area contributed by atoms with Gasteiger partial charge in [0.05, 0.1) is 13.1 Å². The average Bonchev–Trinajstić information content (AvgIpc) is 3.43. The van der Waals surface area contributed by atoms with Gasteiger partial charge >= 0.3 is 6.03 Å². The standard InChI is InChI=1S/C28H32N4O3/c1-2-24-10-11-25(35-24)21-30-17-13-28(14-18-30)26(33)31(20-23-9-6-15-29-19-23)27(34)32(28)16-12-22-7-4-3-5-8-22/h3-11,15,19H,2,12-14,16-18,20-21H2,1H3. The Morgan fingerprint density at radius 2 is 1.66 bits per heavy atom. The van der Waals surface area contributed by atoms with Crippen molar-refractivity contribution in [3.63, 3.8) is 0 Å². The summed E-state index contributed by atoms with van der Waals surface area (Å²) in [5.74, 6) is 1.86. The van der Waals surface area contributed by atoms with E-state index in [4.69, 9.17) is 4.42 Å². The molecule has 5 rings (SSSR count). The molecule has 7 nitrogen and oxygen atoms in total. The minimum Gasteiger partial charge on any atom is -0.465 e. The molecule has 0 unspecified atom stereocenters. The molecule has 2 aromatic heterocycles. The number of furan rings is 1. The molecule has 2 aliphatic rings. The number of hydrogen-bond donors (Lipinski definition) is 0. The van der Waals surface area contributed by atoms with Gasteiger partial charge in [-0.25, -0.2) is 4.79 Å². The number of piperidine rings is 1. The molecule has 1 spiro atoms. The third kappa shape index (κ3) is 4.73. The monoisotopic (exact) mass is 472 g/mol. The average molecular weight is 473 g/mol. The highest BCUT2D eigenvalue weighted by Crippen LogP contribution is 2.38. The molecule has 182 valence electrons. The Kier molecular flexibility index (Phi) is 6.68. The zero-order valence-electron chi connectivity index (χ0n) is 20.2. The van der Waals surface area contributed by atoms with Crippen LogP contribution in [0.3, 0.4) is 0 Å². The number of urea groups is 1. The minimum absolute atomic E-state index is 0.0784. The molecule has 7 heteroatoms. The Hall–Kier alpha value is -3.45. The van der Waals surface area contributed by atoms with Gasteiger partial charge < -0.3 is 9.32 Å². The largest absolute Gasteiger partial charge is 0.465 e. The fourth-order valence-corrected chi connectivity index (χ4v) is 5.27. The molecule has 2 aliphatic heterocycles. The van der Waals surface area contributed by atoms with E-state index in [1.807, 2.05) is 47.4 Å². The van der Waals surface area contributed by atoms with Gasteiger partial charge in [-0.3, -0.25) is 19.6 Å². The predicted molar refractivity (Wildman–Crippen MR) is 132 cm³/mol. The molecule has 0 N–H and O–H groups in total. The van der Waals surface area contributed by atoms with Crippen LogP contribution in [0.4, 0.5) is 4.79 Å². The van der Waals surface area contributed by atoms with E-state index in [0.29, 0.717) is 19.4 Å². The normalized spacial score (nSPS) is 18.1. The summed E-state index contributed by atoms with van der Waals surface area (Å²) in [5.41, 5.74) is 1.23. The van der Waals surface area contributed by atoms with Gasteiger partial charge in [-0.1, -0.05) is 43.3 Å². The molecule has 0 atom stereocenters. The molecular weight excluding hydrogens is 440 g/mol. The summed E-state index contributed by atoms with van der Waals surface area (Å²) in [6, 6.07) is 17.8. The zero-order chi connectivity index (χ0) is 24.3. The van der Waals surface area contributed by atoms with E-state index < -0.39 is 5.54 Å². The van der Waals surface area contributed by atoms with Crippen molar-refractivity contribution in [2.45, 2.75) is 51.2 Å². The molecule has 35 heavy (non-hydrogen) atoms. The van der Waals surface area contributed by atoms with Gasteiger partial charge in [-0.15, -0.1) is 0 Å². The van der Waals surface area contributed by atoms with Crippen LogP contribution >= 0.6 is 0 Å². The number of pyridine rings is 1. The number of likely N-dealkylation sites (tertiary alicyclic amines) is 1. The summed E-state index contributed by atoms with van der Waals surface area (Å²) in [7, 11) is 0. The van der Waals surface area contributed by atoms with E-state index >= 15 is 0 Å². The molecule has 3 amide bonds. The van der Waals surface area contributed by atoms with Crippen molar-refractivity contribution < 1.29 is 14.0 Å². The van der Waals surface area contributed by atoms with Crippen molar-refractivity contribution in [1.82, 2.24) is 19.7 Å². The summed E-state index contributed by atoms with van der Waals surface area (Å²) < 4.78 is 5.90. The summed E-state index contributed by atoms with van der Waals surface area (Å²) >= 11 is 0. The lowest BCUT2D eigenvalue weighted by molar-refractivity contribution is -0.136. The third-order valence-corrected chi connectivity index (χ3v) is 7.28. The van der Waals surface area contributed by atoms with Crippen molar-refractivity contribution in [1.29, 1.82) is 0 Å². The van der Waals surface area contributed by atoms with Crippen LogP contribution in [0.1, 0.15) is 42.4 Å². The maximum atomic E-state index is 13.8. The lowest BCUT2D eigenvalue weighted by Gasteiger charge is -2.42. The number of imide groups is 1. The van der Waals surface area contributed by atoms with Gasteiger partial charge in [0.25, 0.3) is 5.91 Å². The molecule has 0 aliphatic carbocycles. The number of nitrogens with zero attached hydrogens (tertiary/aromatic N) is 4. The first kappa shape index (κ1) is 23.3. The lowest BCUT2D eigenvalue weighted by Crippen LogP contribution is -2.56. The molecule has 3 aromatic rings. The van der Waals surface area contributed by atoms with Gasteiger partial charge in [0, 0.05) is 38.4 Å². The van der Waals surface area contributed by atoms with Crippen LogP contribution in [-0.2, 0) is 30.7 Å². The number of hydrogen-bond acceptors (Lipinski definition) is 5. The van der Waals surface area contributed by atoms with E-state index in [0.717, 1.165) is 55.1 Å². The first-order valence-electron chi connectivity index (χ1n) is 12.5. The van der Waals surface area contributed by atoms with Crippen LogP contribution in [-0.4, -0.2) is 56.8 Å². The van der Waals surface area contributed by atoms with Gasteiger partial charge in [0.15, 0.2) is 0 Å². The second-order valence-corrected chi connectivity index (χ2v) is 9.45. The maximum Gasteiger partial charge on any atom is 0.328 e. The van der Waals surface area contributed by atoms with Crippen molar-refractivity contribution in [3.8, 4) is 0 Å². The van der Waals surface area contributed by atoms with Crippen LogP contribution in [0.2, 0.25) is 0 Å². The second kappa shape index (κ2) is 10.0. The quantitative estimate of drug-likeness (QED) is 0.458. The fraction of sp³-hybridized carbons (Fsp3) is 0.393. The van der Waals surface area contributed by atoms with Crippen molar-refractivity contribution >= 4 is 11.9 Å². The van der Waals surface area contributed by atoms with Crippen LogP contribution in [0, 0.1) is 0 Å². The Balaban J connectivity index is 1.34. The minimum atomic E-state index is -0.789. The highest BCUT2D eigenvalue weighted by Gasteiger charge is 2.57. The van der Waals surface area contributed by atoms with Gasteiger partial charge in [-0.05, 0) is 48.6 Å². The van der Waals surface area contributed by atoms with E-state index in [1.165, 1.54) is 4.90 Å². The van der Waals surface area contributed by atoms with Crippen molar-refractivity contribution in [3.05, 3.63) is 89.6 Å². The summed E-state index contributed by atoms with van der Waals surface area (Å²) in [5, 5.41) is 0. The Morgan fingerprint density at radius 3 is 2.34 bits per heavy atom. The number of aryl methyl sites for hydroxylation is 1. The van der Waals surface area contributed by atoms with Crippen LogP contribution in [0.5, 0.6) is 0 Å². The maximum absolute atomic E-state index is 13.8. The van der Waals surface area contributed by atoms with Gasteiger partial charge in [-0.2, -0.15) is 0 Å². The molecule has 2 saturated heterocycles.